The summed E-state index contributed by atoms with van der Waals surface area (Å²) >= 11 is 0. The summed E-state index contributed by atoms with van der Waals surface area (Å²) in [4.78, 5) is 25.3. The van der Waals surface area contributed by atoms with Crippen LogP contribution in [0, 0.1) is 0 Å². The maximum Gasteiger partial charge on any atom is 0.338 e. The van der Waals surface area contributed by atoms with Crippen LogP contribution in [0.3, 0.4) is 0 Å². The van der Waals surface area contributed by atoms with Crippen LogP contribution in [0.15, 0.2) is 88.6 Å². The first-order valence-corrected chi connectivity index (χ1v) is 13.1. The third-order valence-electron chi connectivity index (χ3n) is 6.22. The van der Waals surface area contributed by atoms with Gasteiger partial charge in [-0.3, -0.25) is 4.28 Å². The van der Waals surface area contributed by atoms with E-state index in [1.54, 1.807) is 43.3 Å². The zero-order valence-corrected chi connectivity index (χ0v) is 20.5. The largest absolute Gasteiger partial charge is 0.478 e. The number of allylic oxidation sites excluding steroid dienone is 2. The second-order valence-corrected chi connectivity index (χ2v) is 10.2. The van der Waals surface area contributed by atoms with E-state index in [9.17, 15) is 28.2 Å². The van der Waals surface area contributed by atoms with Crippen LogP contribution in [0.2, 0.25) is 0 Å². The predicted molar refractivity (Wildman–Crippen MR) is 140 cm³/mol. The Morgan fingerprint density at radius 3 is 2.22 bits per heavy atom. The highest BCUT2D eigenvalue weighted by Crippen LogP contribution is 2.49. The lowest BCUT2D eigenvalue weighted by atomic mass is 9.77. The Morgan fingerprint density at radius 1 is 0.838 bits per heavy atom. The third-order valence-corrected chi connectivity index (χ3v) is 7.43. The molecule has 0 bridgehead atoms. The van der Waals surface area contributed by atoms with E-state index in [0.717, 1.165) is 10.8 Å². The molecule has 3 aromatic rings. The molecule has 0 radical (unpaired) electrons. The van der Waals surface area contributed by atoms with Crippen LogP contribution in [0.5, 0.6) is 0 Å². The minimum Gasteiger partial charge on any atom is -0.478 e. The van der Waals surface area contributed by atoms with Crippen LogP contribution < -0.4 is 0 Å². The summed E-state index contributed by atoms with van der Waals surface area (Å²) in [5.41, 5.74) is 1.35. The van der Waals surface area contributed by atoms with E-state index in [2.05, 4.69) is 5.16 Å². The van der Waals surface area contributed by atoms with Crippen LogP contribution in [0.1, 0.15) is 30.0 Å². The van der Waals surface area contributed by atoms with Gasteiger partial charge in [0.05, 0.1) is 11.3 Å². The summed E-state index contributed by atoms with van der Waals surface area (Å²) < 4.78 is 29.4. The van der Waals surface area contributed by atoms with Gasteiger partial charge >= 0.3 is 22.1 Å². The molecule has 2 aliphatic carbocycles. The fourth-order valence-corrected chi connectivity index (χ4v) is 5.56. The molecule has 0 heterocycles. The standard InChI is InChI=1S/C28H21NO7S/c1-2-14-37(34,35)36-29-26-21-15-17-9-4-6-12-19(17)22(21)23(24(27(30)31)25(26)28(32)33)20-13-7-10-16-8-3-5-11-18(16)20/h3-13,15H,2,14H2,1H3,(H,30,31)(H,32,33). The zero-order valence-electron chi connectivity index (χ0n) is 19.6. The number of hydrogen-bond acceptors (Lipinski definition) is 6. The molecule has 0 fully saturated rings. The number of aliphatic carboxylic acids is 2. The lowest BCUT2D eigenvalue weighted by Crippen LogP contribution is -2.26. The van der Waals surface area contributed by atoms with Gasteiger partial charge in [0.2, 0.25) is 0 Å². The van der Waals surface area contributed by atoms with Crippen molar-refractivity contribution in [1.82, 2.24) is 0 Å². The van der Waals surface area contributed by atoms with Crippen molar-refractivity contribution in [3.63, 3.8) is 0 Å². The molecule has 0 saturated carbocycles. The minimum absolute atomic E-state index is 0.216. The number of oxime groups is 1. The number of nitrogens with zero attached hydrogens (tertiary/aromatic N) is 1. The van der Waals surface area contributed by atoms with Gasteiger partial charge in [-0.25, -0.2) is 9.59 Å². The average molecular weight is 516 g/mol. The molecule has 2 N–H and O–H groups in total. The van der Waals surface area contributed by atoms with Gasteiger partial charge in [0, 0.05) is 16.7 Å². The lowest BCUT2D eigenvalue weighted by Gasteiger charge is -2.25. The van der Waals surface area contributed by atoms with E-state index in [0.29, 0.717) is 22.3 Å². The van der Waals surface area contributed by atoms with Crippen LogP contribution in [0.25, 0.3) is 28.0 Å². The lowest BCUT2D eigenvalue weighted by molar-refractivity contribution is -0.135. The van der Waals surface area contributed by atoms with Gasteiger partial charge in [-0.2, -0.15) is 8.42 Å². The number of benzene rings is 3. The number of carboxylic acid groups (broad SMARTS) is 2. The van der Waals surface area contributed by atoms with Gasteiger partial charge in [0.1, 0.15) is 11.3 Å². The van der Waals surface area contributed by atoms with Crippen LogP contribution in [-0.4, -0.2) is 42.0 Å². The van der Waals surface area contributed by atoms with Gasteiger partial charge < -0.3 is 10.2 Å². The molecule has 5 rings (SSSR count). The summed E-state index contributed by atoms with van der Waals surface area (Å²) in [6.45, 7) is 1.65. The minimum atomic E-state index is -4.10. The van der Waals surface area contributed by atoms with Crippen LogP contribution >= 0.6 is 0 Å². The molecule has 0 amide bonds. The second kappa shape index (κ2) is 9.18. The summed E-state index contributed by atoms with van der Waals surface area (Å²) in [5, 5.41) is 25.9. The first kappa shape index (κ1) is 24.2. The van der Waals surface area contributed by atoms with Crippen molar-refractivity contribution in [2.75, 3.05) is 5.75 Å². The molecule has 0 saturated heterocycles. The van der Waals surface area contributed by atoms with Crippen LogP contribution in [-0.2, 0) is 24.0 Å². The monoisotopic (exact) mass is 515 g/mol. The molecular weight excluding hydrogens is 494 g/mol. The molecule has 37 heavy (non-hydrogen) atoms. The first-order valence-electron chi connectivity index (χ1n) is 11.5. The number of fused-ring (bicyclic) bond motifs is 4. The Kier molecular flexibility index (Phi) is 6.01. The molecule has 3 aromatic carbocycles. The van der Waals surface area contributed by atoms with Gasteiger partial charge in [-0.1, -0.05) is 78.8 Å². The molecule has 8 nitrogen and oxygen atoms in total. The highest BCUT2D eigenvalue weighted by Gasteiger charge is 2.41. The number of carbonyl (C=O) groups is 2. The second-order valence-electron chi connectivity index (χ2n) is 8.56. The molecule has 0 unspecified atom stereocenters. The fraction of sp³-hybridized carbons (Fsp3) is 0.107. The molecule has 0 aliphatic heterocycles. The van der Waals surface area contributed by atoms with E-state index in [1.807, 2.05) is 36.4 Å². The molecular formula is C28H21NO7S. The van der Waals surface area contributed by atoms with Crippen molar-refractivity contribution >= 4 is 55.8 Å². The third kappa shape index (κ3) is 4.13. The van der Waals surface area contributed by atoms with E-state index >= 15 is 0 Å². The summed E-state index contributed by atoms with van der Waals surface area (Å²) in [6.07, 6.45) is 1.94. The first-order chi connectivity index (χ1) is 17.7. The summed E-state index contributed by atoms with van der Waals surface area (Å²) in [5.74, 6) is -3.38. The topological polar surface area (TPSA) is 130 Å². The van der Waals surface area contributed by atoms with E-state index in [4.69, 9.17) is 4.28 Å². The van der Waals surface area contributed by atoms with Crippen molar-refractivity contribution in [1.29, 1.82) is 0 Å². The van der Waals surface area contributed by atoms with Crippen molar-refractivity contribution < 1.29 is 32.5 Å². The molecule has 9 heteroatoms. The maximum atomic E-state index is 12.7. The Labute approximate surface area is 212 Å². The number of carboxylic acids is 2. The highest BCUT2D eigenvalue weighted by molar-refractivity contribution is 7.86. The molecule has 0 spiro atoms. The van der Waals surface area contributed by atoms with E-state index < -0.39 is 33.2 Å². The van der Waals surface area contributed by atoms with Crippen molar-refractivity contribution in [3.8, 4) is 0 Å². The average Bonchev–Trinajstić information content (AvgIpc) is 3.25. The van der Waals surface area contributed by atoms with E-state index in [1.165, 1.54) is 0 Å². The number of rotatable bonds is 7. The zero-order chi connectivity index (χ0) is 26.3. The van der Waals surface area contributed by atoms with Crippen molar-refractivity contribution in [3.05, 3.63) is 100 Å². The van der Waals surface area contributed by atoms with Gasteiger partial charge in [-0.15, -0.1) is 0 Å². The van der Waals surface area contributed by atoms with Crippen LogP contribution in [0.4, 0.5) is 0 Å². The Bertz CT molecular complexity index is 1720. The van der Waals surface area contributed by atoms with E-state index in [-0.39, 0.29) is 29.0 Å². The Balaban J connectivity index is 1.91. The molecule has 2 aliphatic rings. The summed E-state index contributed by atoms with van der Waals surface area (Å²) in [7, 11) is -4.10. The van der Waals surface area contributed by atoms with Crippen molar-refractivity contribution in [2.24, 2.45) is 5.16 Å². The molecule has 0 aromatic heterocycles. The van der Waals surface area contributed by atoms with Gasteiger partial charge in [-0.05, 0) is 40.0 Å². The summed E-state index contributed by atoms with van der Waals surface area (Å²) in [6, 6.07) is 20.0. The predicted octanol–water partition coefficient (Wildman–Crippen LogP) is 4.74. The quantitative estimate of drug-likeness (QED) is 0.435. The maximum absolute atomic E-state index is 12.7. The highest BCUT2D eigenvalue weighted by atomic mass is 32.2. The normalized spacial score (nSPS) is 16.0. The Hall–Kier alpha value is -4.50. The smallest absolute Gasteiger partial charge is 0.338 e. The molecule has 0 atom stereocenters. The van der Waals surface area contributed by atoms with Gasteiger partial charge in [0.15, 0.2) is 0 Å². The number of hydrogen-bond donors (Lipinski definition) is 2. The SMILES string of the molecule is CCCS(=O)(=O)ON=C1C2=Cc3ccccc3C2=C(c2cccc3ccccc23)C(C(=O)O)=C1C(=O)O. The molecule has 186 valence electrons. The van der Waals surface area contributed by atoms with Gasteiger partial charge in [0.25, 0.3) is 0 Å². The fourth-order valence-electron chi connectivity index (χ4n) is 4.79. The van der Waals surface area contributed by atoms with Crippen molar-refractivity contribution in [2.45, 2.75) is 13.3 Å². The Morgan fingerprint density at radius 2 is 1.49 bits per heavy atom.